The summed E-state index contributed by atoms with van der Waals surface area (Å²) in [7, 11) is 0. The van der Waals surface area contributed by atoms with Crippen LogP contribution in [0.15, 0.2) is 29.6 Å². The van der Waals surface area contributed by atoms with Gasteiger partial charge in [0.25, 0.3) is 0 Å². The standard InChI is InChI=1S/C12H13ClS/c1-2-4-11(13)10-6-3-5-9-7-8-14-12(9)10/h3,5-8,11H,2,4H2,1H3. The van der Waals surface area contributed by atoms with Crippen LogP contribution < -0.4 is 0 Å². The lowest BCUT2D eigenvalue weighted by Gasteiger charge is -2.09. The van der Waals surface area contributed by atoms with Crippen molar-refractivity contribution in [1.82, 2.24) is 0 Å². The molecule has 0 aliphatic heterocycles. The lowest BCUT2D eigenvalue weighted by molar-refractivity contribution is 0.775. The smallest absolute Gasteiger partial charge is 0.0599 e. The zero-order valence-corrected chi connectivity index (χ0v) is 9.74. The molecule has 0 amide bonds. The largest absolute Gasteiger partial charge is 0.143 e. The van der Waals surface area contributed by atoms with Crippen molar-refractivity contribution in [3.05, 3.63) is 35.2 Å². The summed E-state index contributed by atoms with van der Waals surface area (Å²) in [6, 6.07) is 8.53. The minimum atomic E-state index is 0.169. The maximum Gasteiger partial charge on any atom is 0.0599 e. The number of halogens is 1. The third-order valence-corrected chi connectivity index (χ3v) is 3.82. The number of hydrogen-bond acceptors (Lipinski definition) is 1. The molecule has 0 bridgehead atoms. The molecule has 1 aromatic heterocycles. The zero-order chi connectivity index (χ0) is 9.97. The molecule has 2 heteroatoms. The van der Waals surface area contributed by atoms with Crippen molar-refractivity contribution in [1.29, 1.82) is 0 Å². The molecule has 1 aromatic carbocycles. The molecule has 1 unspecified atom stereocenters. The Morgan fingerprint density at radius 2 is 2.21 bits per heavy atom. The van der Waals surface area contributed by atoms with Crippen LogP contribution in [0.3, 0.4) is 0 Å². The molecule has 0 N–H and O–H groups in total. The van der Waals surface area contributed by atoms with E-state index in [-0.39, 0.29) is 5.38 Å². The molecule has 74 valence electrons. The predicted octanol–water partition coefficient (Wildman–Crippen LogP) is 4.98. The highest BCUT2D eigenvalue weighted by molar-refractivity contribution is 7.17. The predicted molar refractivity (Wildman–Crippen MR) is 65.3 cm³/mol. The highest BCUT2D eigenvalue weighted by Gasteiger charge is 2.10. The van der Waals surface area contributed by atoms with E-state index in [1.807, 2.05) is 0 Å². The monoisotopic (exact) mass is 224 g/mol. The van der Waals surface area contributed by atoms with E-state index in [0.29, 0.717) is 0 Å². The Morgan fingerprint density at radius 3 is 3.00 bits per heavy atom. The Bertz CT molecular complexity index is 419. The number of thiophene rings is 1. The van der Waals surface area contributed by atoms with Gasteiger partial charge in [0.1, 0.15) is 0 Å². The number of fused-ring (bicyclic) bond motifs is 1. The minimum absolute atomic E-state index is 0.169. The van der Waals surface area contributed by atoms with Gasteiger partial charge in [-0.05, 0) is 28.8 Å². The van der Waals surface area contributed by atoms with Crippen LogP contribution >= 0.6 is 22.9 Å². The Hall–Kier alpha value is -0.530. The molecule has 0 spiro atoms. The fourth-order valence-corrected chi connectivity index (χ4v) is 3.11. The molecule has 0 aliphatic rings. The average Bonchev–Trinajstić information content (AvgIpc) is 2.65. The van der Waals surface area contributed by atoms with Gasteiger partial charge in [-0.15, -0.1) is 22.9 Å². The maximum atomic E-state index is 6.35. The fraction of sp³-hybridized carbons (Fsp3) is 0.333. The van der Waals surface area contributed by atoms with E-state index in [1.54, 1.807) is 11.3 Å². The quantitative estimate of drug-likeness (QED) is 0.645. The van der Waals surface area contributed by atoms with Crippen LogP contribution in [0.4, 0.5) is 0 Å². The van der Waals surface area contributed by atoms with E-state index < -0.39 is 0 Å². The van der Waals surface area contributed by atoms with Crippen LogP contribution in [-0.2, 0) is 0 Å². The van der Waals surface area contributed by atoms with Crippen molar-refractivity contribution in [3.63, 3.8) is 0 Å². The molecule has 14 heavy (non-hydrogen) atoms. The summed E-state index contributed by atoms with van der Waals surface area (Å²) in [6.45, 7) is 2.17. The Labute approximate surface area is 93.5 Å². The molecule has 0 nitrogen and oxygen atoms in total. The van der Waals surface area contributed by atoms with E-state index in [9.17, 15) is 0 Å². The maximum absolute atomic E-state index is 6.35. The van der Waals surface area contributed by atoms with Gasteiger partial charge in [-0.1, -0.05) is 31.5 Å². The molecule has 1 atom stereocenters. The van der Waals surface area contributed by atoms with Crippen molar-refractivity contribution in [2.24, 2.45) is 0 Å². The second-order valence-electron chi connectivity index (χ2n) is 3.44. The van der Waals surface area contributed by atoms with E-state index in [2.05, 4.69) is 36.6 Å². The second kappa shape index (κ2) is 4.33. The normalized spacial score (nSPS) is 13.3. The van der Waals surface area contributed by atoms with Gasteiger partial charge in [0.15, 0.2) is 0 Å². The molecular formula is C12H13ClS. The molecule has 0 aliphatic carbocycles. The highest BCUT2D eigenvalue weighted by Crippen LogP contribution is 2.34. The van der Waals surface area contributed by atoms with Gasteiger partial charge >= 0.3 is 0 Å². The Balaban J connectivity index is 2.45. The van der Waals surface area contributed by atoms with E-state index >= 15 is 0 Å². The van der Waals surface area contributed by atoms with E-state index in [0.717, 1.165) is 12.8 Å². The van der Waals surface area contributed by atoms with Crippen LogP contribution in [0.1, 0.15) is 30.7 Å². The first-order valence-electron chi connectivity index (χ1n) is 4.93. The van der Waals surface area contributed by atoms with Crippen molar-refractivity contribution in [2.75, 3.05) is 0 Å². The van der Waals surface area contributed by atoms with Gasteiger partial charge in [0, 0.05) is 4.70 Å². The molecule has 2 rings (SSSR count). The third kappa shape index (κ3) is 1.79. The number of hydrogen-bond donors (Lipinski definition) is 0. The van der Waals surface area contributed by atoms with Gasteiger partial charge in [-0.2, -0.15) is 0 Å². The summed E-state index contributed by atoms with van der Waals surface area (Å²) >= 11 is 8.13. The fourth-order valence-electron chi connectivity index (χ4n) is 1.67. The van der Waals surface area contributed by atoms with Crippen molar-refractivity contribution in [3.8, 4) is 0 Å². The molecule has 2 aromatic rings. The lowest BCUT2D eigenvalue weighted by Crippen LogP contribution is -1.89. The van der Waals surface area contributed by atoms with Gasteiger partial charge < -0.3 is 0 Å². The molecule has 0 saturated heterocycles. The Kier molecular flexibility index (Phi) is 3.09. The first-order valence-corrected chi connectivity index (χ1v) is 6.24. The lowest BCUT2D eigenvalue weighted by atomic mass is 10.1. The summed E-state index contributed by atoms with van der Waals surface area (Å²) in [4.78, 5) is 0. The molecular weight excluding hydrogens is 212 g/mol. The van der Waals surface area contributed by atoms with Crippen LogP contribution in [0, 0.1) is 0 Å². The summed E-state index contributed by atoms with van der Waals surface area (Å²) in [6.07, 6.45) is 2.19. The van der Waals surface area contributed by atoms with E-state index in [1.165, 1.54) is 15.6 Å². The molecule has 0 saturated carbocycles. The number of benzene rings is 1. The molecule has 0 fully saturated rings. The summed E-state index contributed by atoms with van der Waals surface area (Å²) in [5, 5.41) is 3.61. The summed E-state index contributed by atoms with van der Waals surface area (Å²) in [5.41, 5.74) is 1.29. The van der Waals surface area contributed by atoms with E-state index in [4.69, 9.17) is 11.6 Å². The van der Waals surface area contributed by atoms with Crippen LogP contribution in [0.2, 0.25) is 0 Å². The minimum Gasteiger partial charge on any atom is -0.143 e. The molecule has 0 radical (unpaired) electrons. The number of alkyl halides is 1. The first-order chi connectivity index (χ1) is 6.83. The SMILES string of the molecule is CCCC(Cl)c1cccc2ccsc12. The zero-order valence-electron chi connectivity index (χ0n) is 8.16. The molecule has 1 heterocycles. The third-order valence-electron chi connectivity index (χ3n) is 2.39. The van der Waals surface area contributed by atoms with Crippen LogP contribution in [0.25, 0.3) is 10.1 Å². The second-order valence-corrected chi connectivity index (χ2v) is 4.89. The van der Waals surface area contributed by atoms with Gasteiger partial charge in [-0.3, -0.25) is 0 Å². The van der Waals surface area contributed by atoms with Crippen molar-refractivity contribution >= 4 is 33.0 Å². The summed E-state index contributed by atoms with van der Waals surface area (Å²) in [5.74, 6) is 0. The van der Waals surface area contributed by atoms with Crippen LogP contribution in [-0.4, -0.2) is 0 Å². The van der Waals surface area contributed by atoms with Gasteiger partial charge in [-0.25, -0.2) is 0 Å². The number of rotatable bonds is 3. The first kappa shape index (κ1) is 10.0. The van der Waals surface area contributed by atoms with Gasteiger partial charge in [0.2, 0.25) is 0 Å². The average molecular weight is 225 g/mol. The summed E-state index contributed by atoms with van der Waals surface area (Å²) < 4.78 is 1.35. The Morgan fingerprint density at radius 1 is 1.36 bits per heavy atom. The van der Waals surface area contributed by atoms with Crippen molar-refractivity contribution < 1.29 is 0 Å². The highest BCUT2D eigenvalue weighted by atomic mass is 35.5. The topological polar surface area (TPSA) is 0 Å². The van der Waals surface area contributed by atoms with Crippen LogP contribution in [0.5, 0.6) is 0 Å². The van der Waals surface area contributed by atoms with Gasteiger partial charge in [0.05, 0.1) is 5.38 Å². The van der Waals surface area contributed by atoms with Crippen molar-refractivity contribution in [2.45, 2.75) is 25.1 Å².